The second-order valence-electron chi connectivity index (χ2n) is 6.38. The van der Waals surface area contributed by atoms with Gasteiger partial charge in [-0.3, -0.25) is 0 Å². The number of rotatable bonds is 4. The largest absolute Gasteiger partial charge is 0.444 e. The highest BCUT2D eigenvalue weighted by Gasteiger charge is 2.28. The van der Waals surface area contributed by atoms with E-state index in [1.807, 2.05) is 20.8 Å². The van der Waals surface area contributed by atoms with Crippen LogP contribution < -0.4 is 5.32 Å². The highest BCUT2D eigenvalue weighted by atomic mass is 16.6. The van der Waals surface area contributed by atoms with Crippen molar-refractivity contribution in [3.8, 4) is 0 Å². The van der Waals surface area contributed by atoms with Crippen molar-refractivity contribution in [2.24, 2.45) is 11.8 Å². The summed E-state index contributed by atoms with van der Waals surface area (Å²) in [6.45, 7) is 5.60. The van der Waals surface area contributed by atoms with E-state index >= 15 is 0 Å². The Morgan fingerprint density at radius 3 is 2.16 bits per heavy atom. The number of amides is 1. The van der Waals surface area contributed by atoms with Crippen LogP contribution in [0.3, 0.4) is 0 Å². The Hall–Kier alpha value is -0.810. The topological polar surface area (TPSA) is 78.8 Å². The minimum absolute atomic E-state index is 0.0255. The zero-order valence-electron chi connectivity index (χ0n) is 12.2. The van der Waals surface area contributed by atoms with Crippen molar-refractivity contribution in [3.63, 3.8) is 0 Å². The molecule has 5 heteroatoms. The molecule has 1 amide bonds. The minimum Gasteiger partial charge on any atom is -0.444 e. The van der Waals surface area contributed by atoms with Crippen molar-refractivity contribution in [1.29, 1.82) is 0 Å². The Labute approximate surface area is 115 Å². The molecule has 1 aliphatic rings. The molecule has 0 aromatic heterocycles. The van der Waals surface area contributed by atoms with Gasteiger partial charge in [-0.1, -0.05) is 0 Å². The molecule has 1 aliphatic carbocycles. The van der Waals surface area contributed by atoms with E-state index in [2.05, 4.69) is 5.32 Å². The third-order valence-corrected chi connectivity index (χ3v) is 3.63. The molecule has 1 rings (SSSR count). The maximum atomic E-state index is 11.6. The van der Waals surface area contributed by atoms with Gasteiger partial charge >= 0.3 is 6.09 Å². The van der Waals surface area contributed by atoms with Crippen LogP contribution in [0.2, 0.25) is 0 Å². The van der Waals surface area contributed by atoms with Gasteiger partial charge in [0.1, 0.15) is 5.60 Å². The molecular weight excluding hydrogens is 246 g/mol. The second-order valence-corrected chi connectivity index (χ2v) is 6.38. The zero-order chi connectivity index (χ0) is 14.5. The molecule has 3 N–H and O–H groups in total. The van der Waals surface area contributed by atoms with E-state index in [-0.39, 0.29) is 31.3 Å². The molecular formula is C14H27NO4. The van der Waals surface area contributed by atoms with Crippen molar-refractivity contribution in [2.75, 3.05) is 13.2 Å². The minimum atomic E-state index is -0.472. The first-order chi connectivity index (χ1) is 8.85. The van der Waals surface area contributed by atoms with E-state index in [0.717, 1.165) is 25.7 Å². The van der Waals surface area contributed by atoms with Crippen LogP contribution in [0.1, 0.15) is 46.5 Å². The molecule has 0 spiro atoms. The third-order valence-electron chi connectivity index (χ3n) is 3.63. The average Bonchev–Trinajstić information content (AvgIpc) is 2.30. The summed E-state index contributed by atoms with van der Waals surface area (Å²) in [5.41, 5.74) is -0.472. The molecule has 0 unspecified atom stereocenters. The molecule has 0 saturated heterocycles. The van der Waals surface area contributed by atoms with Gasteiger partial charge in [-0.05, 0) is 52.4 Å². The van der Waals surface area contributed by atoms with Crippen LogP contribution in [0.15, 0.2) is 0 Å². The van der Waals surface area contributed by atoms with E-state index in [0.29, 0.717) is 5.92 Å². The average molecular weight is 273 g/mol. The first-order valence-corrected chi connectivity index (χ1v) is 7.07. The predicted octanol–water partition coefficient (Wildman–Crippen LogP) is 1.67. The van der Waals surface area contributed by atoms with Crippen molar-refractivity contribution in [1.82, 2.24) is 5.32 Å². The van der Waals surface area contributed by atoms with Crippen molar-refractivity contribution in [3.05, 3.63) is 0 Å². The van der Waals surface area contributed by atoms with Crippen molar-refractivity contribution >= 4 is 6.09 Å². The number of hydrogen-bond acceptors (Lipinski definition) is 4. The van der Waals surface area contributed by atoms with Crippen molar-refractivity contribution in [2.45, 2.75) is 58.1 Å². The maximum Gasteiger partial charge on any atom is 0.407 e. The monoisotopic (exact) mass is 273 g/mol. The van der Waals surface area contributed by atoms with Crippen LogP contribution in [0.4, 0.5) is 4.79 Å². The molecule has 112 valence electrons. The first-order valence-electron chi connectivity index (χ1n) is 7.07. The first kappa shape index (κ1) is 16.2. The third kappa shape index (κ3) is 5.78. The van der Waals surface area contributed by atoms with Crippen LogP contribution in [0.5, 0.6) is 0 Å². The van der Waals surface area contributed by atoms with Gasteiger partial charge in [0.2, 0.25) is 0 Å². The highest BCUT2D eigenvalue weighted by molar-refractivity contribution is 5.68. The highest BCUT2D eigenvalue weighted by Crippen LogP contribution is 2.30. The summed E-state index contributed by atoms with van der Waals surface area (Å²) in [4.78, 5) is 11.6. The van der Waals surface area contributed by atoms with E-state index in [1.54, 1.807) is 0 Å². The summed E-state index contributed by atoms with van der Waals surface area (Å²) in [5.74, 6) is 0.328. The maximum absolute atomic E-state index is 11.6. The quantitative estimate of drug-likeness (QED) is 0.728. The predicted molar refractivity (Wildman–Crippen MR) is 72.8 cm³/mol. The Balaban J connectivity index is 2.32. The summed E-state index contributed by atoms with van der Waals surface area (Å²) >= 11 is 0. The van der Waals surface area contributed by atoms with Gasteiger partial charge < -0.3 is 20.3 Å². The van der Waals surface area contributed by atoms with Gasteiger partial charge in [0, 0.05) is 25.2 Å². The summed E-state index contributed by atoms with van der Waals surface area (Å²) in [6, 6.07) is 0.143. The van der Waals surface area contributed by atoms with E-state index in [1.165, 1.54) is 0 Å². The fraction of sp³-hybridized carbons (Fsp3) is 0.929. The lowest BCUT2D eigenvalue weighted by Crippen LogP contribution is -2.42. The SMILES string of the molecule is CC(C)(C)OC(=O)NC1CCC(C(CO)CO)CC1. The Bertz CT molecular complexity index is 276. The number of aliphatic hydroxyl groups excluding tert-OH is 2. The molecule has 5 nitrogen and oxygen atoms in total. The Kier molecular flexibility index (Phi) is 6.07. The fourth-order valence-corrected chi connectivity index (χ4v) is 2.57. The molecule has 1 fully saturated rings. The van der Waals surface area contributed by atoms with Gasteiger partial charge in [0.05, 0.1) is 0 Å². The van der Waals surface area contributed by atoms with Gasteiger partial charge in [-0.25, -0.2) is 4.79 Å². The Morgan fingerprint density at radius 1 is 1.21 bits per heavy atom. The smallest absolute Gasteiger partial charge is 0.407 e. The number of carbonyl (C=O) groups excluding carboxylic acids is 1. The van der Waals surface area contributed by atoms with E-state index < -0.39 is 5.60 Å². The molecule has 0 bridgehead atoms. The number of aliphatic hydroxyl groups is 2. The zero-order valence-corrected chi connectivity index (χ0v) is 12.2. The van der Waals surface area contributed by atoms with Crippen LogP contribution in [-0.2, 0) is 4.74 Å². The number of hydrogen-bond donors (Lipinski definition) is 3. The molecule has 19 heavy (non-hydrogen) atoms. The molecule has 0 aromatic rings. The molecule has 0 radical (unpaired) electrons. The number of alkyl carbamates (subject to hydrolysis) is 1. The molecule has 0 heterocycles. The molecule has 0 aromatic carbocycles. The summed E-state index contributed by atoms with van der Waals surface area (Å²) in [6.07, 6.45) is 3.23. The van der Waals surface area contributed by atoms with Crippen molar-refractivity contribution < 1.29 is 19.7 Å². The van der Waals surface area contributed by atoms with E-state index in [9.17, 15) is 4.79 Å². The van der Waals surface area contributed by atoms with Gasteiger partial charge in [0.15, 0.2) is 0 Å². The summed E-state index contributed by atoms with van der Waals surface area (Å²) in [5, 5.41) is 21.2. The van der Waals surface area contributed by atoms with Crippen LogP contribution >= 0.6 is 0 Å². The summed E-state index contributed by atoms with van der Waals surface area (Å²) < 4.78 is 5.23. The van der Waals surface area contributed by atoms with E-state index in [4.69, 9.17) is 14.9 Å². The molecule has 1 saturated carbocycles. The summed E-state index contributed by atoms with van der Waals surface area (Å²) in [7, 11) is 0. The number of nitrogens with one attached hydrogen (secondary N) is 1. The fourth-order valence-electron chi connectivity index (χ4n) is 2.57. The molecule has 0 aliphatic heterocycles. The lowest BCUT2D eigenvalue weighted by atomic mass is 9.79. The van der Waals surface area contributed by atoms with Crippen LogP contribution in [-0.4, -0.2) is 41.2 Å². The second kappa shape index (κ2) is 7.10. The lowest BCUT2D eigenvalue weighted by molar-refractivity contribution is 0.0456. The molecule has 0 atom stereocenters. The Morgan fingerprint density at radius 2 is 1.74 bits per heavy atom. The number of ether oxygens (including phenoxy) is 1. The number of carbonyl (C=O) groups is 1. The van der Waals surface area contributed by atoms with Gasteiger partial charge in [-0.2, -0.15) is 0 Å². The van der Waals surface area contributed by atoms with Gasteiger partial charge in [-0.15, -0.1) is 0 Å². The normalized spacial score (nSPS) is 24.3. The standard InChI is InChI=1S/C14H27NO4/c1-14(2,3)19-13(18)15-12-6-4-10(5-7-12)11(8-16)9-17/h10-12,16-17H,4-9H2,1-3H3,(H,15,18). The van der Waals surface area contributed by atoms with Gasteiger partial charge in [0.25, 0.3) is 0 Å². The lowest BCUT2D eigenvalue weighted by Gasteiger charge is -2.33. The van der Waals surface area contributed by atoms with Crippen LogP contribution in [0, 0.1) is 11.8 Å². The van der Waals surface area contributed by atoms with Crippen LogP contribution in [0.25, 0.3) is 0 Å².